The van der Waals surface area contributed by atoms with Gasteiger partial charge in [0, 0.05) is 24.5 Å². The molecule has 2 heterocycles. The lowest BCUT2D eigenvalue weighted by atomic mass is 9.93. The van der Waals surface area contributed by atoms with E-state index in [9.17, 15) is 4.79 Å². The highest BCUT2D eigenvalue weighted by atomic mass is 35.5. The van der Waals surface area contributed by atoms with Gasteiger partial charge >= 0.3 is 0 Å². The Hall–Kier alpha value is -2.64. The number of rotatable bonds is 7. The summed E-state index contributed by atoms with van der Waals surface area (Å²) >= 11 is 6.04. The van der Waals surface area contributed by atoms with Gasteiger partial charge in [-0.25, -0.2) is 4.63 Å². The monoisotopic (exact) mass is 428 g/mol. The second-order valence-corrected chi connectivity index (χ2v) is 8.20. The van der Waals surface area contributed by atoms with Gasteiger partial charge in [0.2, 0.25) is 5.91 Å². The fraction of sp³-hybridized carbons (Fsp3) is 0.409. The second kappa shape index (κ2) is 9.45. The largest absolute Gasteiger partial charge is 0.495 e. The third-order valence-corrected chi connectivity index (χ3v) is 5.78. The van der Waals surface area contributed by atoms with Gasteiger partial charge in [0.1, 0.15) is 16.8 Å². The van der Waals surface area contributed by atoms with Crippen LogP contribution in [0.3, 0.4) is 0 Å². The lowest BCUT2D eigenvalue weighted by Gasteiger charge is -2.32. The molecule has 1 aliphatic heterocycles. The Morgan fingerprint density at radius 2 is 2.13 bits per heavy atom. The van der Waals surface area contributed by atoms with E-state index in [2.05, 4.69) is 26.6 Å². The van der Waals surface area contributed by atoms with Crippen molar-refractivity contribution in [1.82, 2.24) is 15.2 Å². The fourth-order valence-electron chi connectivity index (χ4n) is 4.04. The third kappa shape index (κ3) is 5.09. The number of halogens is 1. The van der Waals surface area contributed by atoms with E-state index in [0.29, 0.717) is 28.8 Å². The summed E-state index contributed by atoms with van der Waals surface area (Å²) in [6.07, 6.45) is 3.63. The first-order valence-electron chi connectivity index (χ1n) is 10.2. The van der Waals surface area contributed by atoms with Crippen LogP contribution in [-0.4, -0.2) is 41.3 Å². The molecule has 1 aliphatic rings. The van der Waals surface area contributed by atoms with Crippen molar-refractivity contribution in [1.29, 1.82) is 0 Å². The number of carbonyl (C=O) groups excluding carboxylic acids is 1. The standard InChI is InChI=1S/C22H25ClN4O3/c1-29-21-8-6-17(23)12-20(21)24-22(28)9-5-15-3-2-10-27(13-15)14-16-4-7-18-19(11-16)26-30-25-18/h4,6-8,11-12,15H,2-3,5,9-10,13-14H2,1H3,(H,24,28). The van der Waals surface area contributed by atoms with Crippen LogP contribution in [0.1, 0.15) is 31.2 Å². The number of benzene rings is 2. The van der Waals surface area contributed by atoms with Crippen molar-refractivity contribution in [2.45, 2.75) is 32.2 Å². The van der Waals surface area contributed by atoms with Gasteiger partial charge in [-0.15, -0.1) is 0 Å². The van der Waals surface area contributed by atoms with Crippen LogP contribution >= 0.6 is 11.6 Å². The number of hydrogen-bond acceptors (Lipinski definition) is 6. The van der Waals surface area contributed by atoms with Crippen molar-refractivity contribution in [3.63, 3.8) is 0 Å². The molecule has 1 saturated heterocycles. The Morgan fingerprint density at radius 3 is 3.00 bits per heavy atom. The van der Waals surface area contributed by atoms with Crippen LogP contribution in [0, 0.1) is 5.92 Å². The van der Waals surface area contributed by atoms with Crippen molar-refractivity contribution in [3.8, 4) is 5.75 Å². The van der Waals surface area contributed by atoms with Gasteiger partial charge in [0.25, 0.3) is 0 Å². The van der Waals surface area contributed by atoms with Crippen LogP contribution in [0.4, 0.5) is 5.69 Å². The van der Waals surface area contributed by atoms with Gasteiger partial charge < -0.3 is 10.1 Å². The molecule has 158 valence electrons. The number of ether oxygens (including phenoxy) is 1. The van der Waals surface area contributed by atoms with E-state index >= 15 is 0 Å². The molecule has 30 heavy (non-hydrogen) atoms. The summed E-state index contributed by atoms with van der Waals surface area (Å²) in [5, 5.41) is 11.3. The van der Waals surface area contributed by atoms with Crippen LogP contribution in [-0.2, 0) is 11.3 Å². The highest BCUT2D eigenvalue weighted by Gasteiger charge is 2.21. The van der Waals surface area contributed by atoms with E-state index in [1.165, 1.54) is 5.56 Å². The number of aromatic nitrogens is 2. The number of hydrogen-bond donors (Lipinski definition) is 1. The molecular weight excluding hydrogens is 404 g/mol. The maximum absolute atomic E-state index is 12.5. The molecule has 1 aromatic heterocycles. The lowest BCUT2D eigenvalue weighted by molar-refractivity contribution is -0.116. The Balaban J connectivity index is 1.28. The topological polar surface area (TPSA) is 80.5 Å². The summed E-state index contributed by atoms with van der Waals surface area (Å²) in [5.74, 6) is 1.09. The zero-order valence-corrected chi connectivity index (χ0v) is 17.7. The summed E-state index contributed by atoms with van der Waals surface area (Å²) in [5.41, 5.74) is 3.37. The van der Waals surface area contributed by atoms with Gasteiger partial charge in [-0.2, -0.15) is 0 Å². The molecule has 4 rings (SSSR count). The SMILES string of the molecule is COc1ccc(Cl)cc1NC(=O)CCC1CCCN(Cc2ccc3nonc3c2)C1. The van der Waals surface area contributed by atoms with Gasteiger partial charge in [-0.3, -0.25) is 9.69 Å². The molecule has 0 aliphatic carbocycles. The molecule has 0 bridgehead atoms. The Labute approximate surface area is 180 Å². The molecule has 1 atom stereocenters. The average molecular weight is 429 g/mol. The minimum Gasteiger partial charge on any atom is -0.495 e. The number of nitrogens with one attached hydrogen (secondary N) is 1. The quantitative estimate of drug-likeness (QED) is 0.596. The highest BCUT2D eigenvalue weighted by molar-refractivity contribution is 6.31. The van der Waals surface area contributed by atoms with E-state index in [0.717, 1.165) is 49.9 Å². The molecule has 1 unspecified atom stereocenters. The summed E-state index contributed by atoms with van der Waals surface area (Å²) in [6.45, 7) is 2.92. The summed E-state index contributed by atoms with van der Waals surface area (Å²) in [6, 6.07) is 11.2. The molecular formula is C22H25ClN4O3. The van der Waals surface area contributed by atoms with Gasteiger partial charge in [-0.05, 0) is 77.9 Å². The second-order valence-electron chi connectivity index (χ2n) is 7.76. The first-order valence-corrected chi connectivity index (χ1v) is 10.6. The summed E-state index contributed by atoms with van der Waals surface area (Å²) in [4.78, 5) is 14.9. The van der Waals surface area contributed by atoms with Gasteiger partial charge in [-0.1, -0.05) is 17.7 Å². The molecule has 0 radical (unpaired) electrons. The Bertz CT molecular complexity index is 1020. The minimum atomic E-state index is -0.0170. The molecule has 0 saturated carbocycles. The van der Waals surface area contributed by atoms with Gasteiger partial charge in [0.05, 0.1) is 12.8 Å². The predicted molar refractivity (Wildman–Crippen MR) is 116 cm³/mol. The van der Waals surface area contributed by atoms with Crippen LogP contribution in [0.2, 0.25) is 5.02 Å². The third-order valence-electron chi connectivity index (χ3n) is 5.54. The highest BCUT2D eigenvalue weighted by Crippen LogP contribution is 2.28. The van der Waals surface area contributed by atoms with Crippen LogP contribution in [0.15, 0.2) is 41.0 Å². The number of amides is 1. The predicted octanol–water partition coefficient (Wildman–Crippen LogP) is 4.52. The van der Waals surface area contributed by atoms with Crippen molar-refractivity contribution in [2.24, 2.45) is 5.92 Å². The van der Waals surface area contributed by atoms with E-state index in [-0.39, 0.29) is 5.91 Å². The van der Waals surface area contributed by atoms with Gasteiger partial charge in [0.15, 0.2) is 0 Å². The maximum atomic E-state index is 12.5. The van der Waals surface area contributed by atoms with E-state index in [4.69, 9.17) is 21.0 Å². The molecule has 2 aromatic carbocycles. The van der Waals surface area contributed by atoms with E-state index in [1.54, 1.807) is 25.3 Å². The molecule has 8 heteroatoms. The minimum absolute atomic E-state index is 0.0170. The number of likely N-dealkylation sites (tertiary alicyclic amines) is 1. The number of anilines is 1. The molecule has 1 amide bonds. The lowest BCUT2D eigenvalue weighted by Crippen LogP contribution is -2.35. The molecule has 1 N–H and O–H groups in total. The normalized spacial score (nSPS) is 17.2. The van der Waals surface area contributed by atoms with Crippen LogP contribution < -0.4 is 10.1 Å². The molecule has 3 aromatic rings. The van der Waals surface area contributed by atoms with E-state index < -0.39 is 0 Å². The first-order chi connectivity index (χ1) is 14.6. The first kappa shape index (κ1) is 20.6. The van der Waals surface area contributed by atoms with Crippen molar-refractivity contribution >= 4 is 34.2 Å². The molecule has 0 spiro atoms. The van der Waals surface area contributed by atoms with Crippen LogP contribution in [0.5, 0.6) is 5.75 Å². The van der Waals surface area contributed by atoms with Crippen LogP contribution in [0.25, 0.3) is 11.0 Å². The van der Waals surface area contributed by atoms with Crippen molar-refractivity contribution in [3.05, 3.63) is 47.0 Å². The molecule has 7 nitrogen and oxygen atoms in total. The summed E-state index contributed by atoms with van der Waals surface area (Å²) in [7, 11) is 1.58. The Morgan fingerprint density at radius 1 is 1.27 bits per heavy atom. The number of methoxy groups -OCH3 is 1. The van der Waals surface area contributed by atoms with Crippen molar-refractivity contribution in [2.75, 3.05) is 25.5 Å². The van der Waals surface area contributed by atoms with E-state index in [1.807, 2.05) is 12.1 Å². The zero-order chi connectivity index (χ0) is 20.9. The summed E-state index contributed by atoms with van der Waals surface area (Å²) < 4.78 is 10.1. The molecule has 1 fully saturated rings. The smallest absolute Gasteiger partial charge is 0.224 e. The number of carbonyl (C=O) groups is 1. The number of nitrogens with zero attached hydrogens (tertiary/aromatic N) is 3. The maximum Gasteiger partial charge on any atom is 0.224 e. The Kier molecular flexibility index (Phi) is 6.50. The fourth-order valence-corrected chi connectivity index (χ4v) is 4.21. The van der Waals surface area contributed by atoms with Crippen molar-refractivity contribution < 1.29 is 14.2 Å². The zero-order valence-electron chi connectivity index (χ0n) is 16.9. The average Bonchev–Trinajstić information content (AvgIpc) is 3.21. The number of piperidine rings is 1. The number of fused-ring (bicyclic) bond motifs is 1.